The lowest BCUT2D eigenvalue weighted by Gasteiger charge is -2.29. The monoisotopic (exact) mass is 247 g/mol. The van der Waals surface area contributed by atoms with E-state index < -0.39 is 0 Å². The minimum Gasteiger partial charge on any atom is -0.355 e. The number of rotatable bonds is 3. The van der Waals surface area contributed by atoms with Crippen LogP contribution < -0.4 is 11.1 Å². The fraction of sp³-hybridized carbons (Fsp3) is 0.500. The summed E-state index contributed by atoms with van der Waals surface area (Å²) in [6.07, 6.45) is 0.558. The summed E-state index contributed by atoms with van der Waals surface area (Å²) in [6.45, 7) is 5.02. The Kier molecular flexibility index (Phi) is 4.33. The highest BCUT2D eigenvalue weighted by atomic mass is 16.1. The summed E-state index contributed by atoms with van der Waals surface area (Å²) in [5.74, 6) is 0.137. The number of hydrogen-bond donors (Lipinski definition) is 2. The number of nitrogens with zero attached hydrogens (tertiary/aromatic N) is 1. The number of carbonyl (C=O) groups is 1. The van der Waals surface area contributed by atoms with Crippen molar-refractivity contribution in [3.8, 4) is 0 Å². The Balaban J connectivity index is 2.14. The van der Waals surface area contributed by atoms with Crippen LogP contribution in [0.5, 0.6) is 0 Å². The predicted octanol–water partition coefficient (Wildman–Crippen LogP) is 0.817. The van der Waals surface area contributed by atoms with Gasteiger partial charge in [0.15, 0.2) is 0 Å². The van der Waals surface area contributed by atoms with Crippen LogP contribution in [0.4, 0.5) is 0 Å². The molecule has 98 valence electrons. The maximum atomic E-state index is 11.4. The van der Waals surface area contributed by atoms with Crippen molar-refractivity contribution in [2.75, 3.05) is 26.2 Å². The molecular weight excluding hydrogens is 226 g/mol. The van der Waals surface area contributed by atoms with E-state index in [1.807, 2.05) is 0 Å². The maximum absolute atomic E-state index is 11.4. The van der Waals surface area contributed by atoms with Gasteiger partial charge in [0.05, 0.1) is 0 Å². The third-order valence-electron chi connectivity index (χ3n) is 3.44. The average Bonchev–Trinajstić information content (AvgIpc) is 2.56. The van der Waals surface area contributed by atoms with Crippen LogP contribution in [-0.2, 0) is 4.79 Å². The molecule has 1 aliphatic heterocycles. The first-order chi connectivity index (χ1) is 8.70. The molecule has 0 radical (unpaired) electrons. The van der Waals surface area contributed by atoms with E-state index >= 15 is 0 Å². The zero-order valence-corrected chi connectivity index (χ0v) is 10.9. The zero-order valence-electron chi connectivity index (χ0n) is 10.9. The molecule has 1 unspecified atom stereocenters. The van der Waals surface area contributed by atoms with Gasteiger partial charge in [-0.2, -0.15) is 0 Å². The van der Waals surface area contributed by atoms with Gasteiger partial charge >= 0.3 is 0 Å². The minimum absolute atomic E-state index is 0.137. The number of nitrogens with one attached hydrogen (secondary N) is 1. The molecule has 1 aromatic rings. The number of nitrogens with two attached hydrogens (primary N) is 1. The van der Waals surface area contributed by atoms with Crippen LogP contribution >= 0.6 is 0 Å². The van der Waals surface area contributed by atoms with Crippen LogP contribution in [0.2, 0.25) is 0 Å². The molecule has 1 amide bonds. The van der Waals surface area contributed by atoms with Gasteiger partial charge in [0.1, 0.15) is 0 Å². The van der Waals surface area contributed by atoms with Gasteiger partial charge < -0.3 is 11.1 Å². The van der Waals surface area contributed by atoms with Gasteiger partial charge in [0.25, 0.3) is 0 Å². The van der Waals surface area contributed by atoms with E-state index in [2.05, 4.69) is 41.4 Å². The van der Waals surface area contributed by atoms with Gasteiger partial charge in [-0.05, 0) is 12.5 Å². The number of aryl methyl sites for hydroxylation is 1. The van der Waals surface area contributed by atoms with E-state index in [4.69, 9.17) is 5.73 Å². The third kappa shape index (κ3) is 3.09. The molecule has 3 N–H and O–H groups in total. The summed E-state index contributed by atoms with van der Waals surface area (Å²) in [7, 11) is 0. The first kappa shape index (κ1) is 13.1. The first-order valence-corrected chi connectivity index (χ1v) is 6.48. The van der Waals surface area contributed by atoms with Crippen LogP contribution in [-0.4, -0.2) is 37.0 Å². The normalized spacial score (nSPS) is 19.1. The highest BCUT2D eigenvalue weighted by Crippen LogP contribution is 2.21. The lowest BCUT2D eigenvalue weighted by Crippen LogP contribution is -2.36. The molecule has 2 rings (SSSR count). The highest BCUT2D eigenvalue weighted by molar-refractivity contribution is 5.76. The van der Waals surface area contributed by atoms with Gasteiger partial charge in [-0.15, -0.1) is 0 Å². The Morgan fingerprint density at radius 2 is 2.28 bits per heavy atom. The second-order valence-corrected chi connectivity index (χ2v) is 4.80. The molecule has 0 aliphatic carbocycles. The molecule has 18 heavy (non-hydrogen) atoms. The van der Waals surface area contributed by atoms with E-state index in [1.54, 1.807) is 0 Å². The molecule has 1 aliphatic rings. The van der Waals surface area contributed by atoms with Crippen molar-refractivity contribution >= 4 is 5.91 Å². The third-order valence-corrected chi connectivity index (χ3v) is 3.44. The summed E-state index contributed by atoms with van der Waals surface area (Å²) in [4.78, 5) is 13.7. The molecule has 4 nitrogen and oxygen atoms in total. The van der Waals surface area contributed by atoms with E-state index in [1.165, 1.54) is 11.1 Å². The second kappa shape index (κ2) is 5.98. The molecule has 1 heterocycles. The van der Waals surface area contributed by atoms with E-state index in [9.17, 15) is 4.79 Å². The van der Waals surface area contributed by atoms with Crippen molar-refractivity contribution in [2.45, 2.75) is 19.4 Å². The topological polar surface area (TPSA) is 58.4 Å². The minimum atomic E-state index is 0.137. The van der Waals surface area contributed by atoms with Gasteiger partial charge in [0, 0.05) is 38.6 Å². The molecule has 1 fully saturated rings. The molecule has 0 spiro atoms. The lowest BCUT2D eigenvalue weighted by molar-refractivity contribution is -0.120. The lowest BCUT2D eigenvalue weighted by atomic mass is 10.0. The predicted molar refractivity (Wildman–Crippen MR) is 72.2 cm³/mol. The summed E-state index contributed by atoms with van der Waals surface area (Å²) < 4.78 is 0. The number of benzene rings is 1. The van der Waals surface area contributed by atoms with Crippen LogP contribution in [0.15, 0.2) is 24.3 Å². The van der Waals surface area contributed by atoms with Crippen molar-refractivity contribution in [2.24, 2.45) is 5.73 Å². The molecule has 1 saturated heterocycles. The average molecular weight is 247 g/mol. The van der Waals surface area contributed by atoms with E-state index in [0.717, 1.165) is 13.1 Å². The Morgan fingerprint density at radius 1 is 1.44 bits per heavy atom. The van der Waals surface area contributed by atoms with Crippen molar-refractivity contribution in [3.63, 3.8) is 0 Å². The molecule has 4 heteroatoms. The molecule has 0 bridgehead atoms. The highest BCUT2D eigenvalue weighted by Gasteiger charge is 2.21. The molecule has 1 aromatic carbocycles. The summed E-state index contributed by atoms with van der Waals surface area (Å²) in [5, 5.41) is 2.89. The van der Waals surface area contributed by atoms with E-state index in [0.29, 0.717) is 19.5 Å². The second-order valence-electron chi connectivity index (χ2n) is 4.80. The quantitative estimate of drug-likeness (QED) is 0.831. The fourth-order valence-corrected chi connectivity index (χ4v) is 2.47. The van der Waals surface area contributed by atoms with Gasteiger partial charge in [-0.3, -0.25) is 9.69 Å². The maximum Gasteiger partial charge on any atom is 0.221 e. The van der Waals surface area contributed by atoms with Gasteiger partial charge in [0.2, 0.25) is 5.91 Å². The van der Waals surface area contributed by atoms with Gasteiger partial charge in [-0.25, -0.2) is 0 Å². The Bertz CT molecular complexity index is 419. The van der Waals surface area contributed by atoms with E-state index in [-0.39, 0.29) is 11.9 Å². The van der Waals surface area contributed by atoms with Crippen molar-refractivity contribution in [1.82, 2.24) is 10.2 Å². The number of amides is 1. The fourth-order valence-electron chi connectivity index (χ4n) is 2.47. The molecular formula is C14H21N3O. The standard InChI is InChI=1S/C14H21N3O/c1-11-3-2-4-12(9-11)13(10-15)17-7-5-14(18)16-6-8-17/h2-4,9,13H,5-8,10,15H2,1H3,(H,16,18). The smallest absolute Gasteiger partial charge is 0.221 e. The first-order valence-electron chi connectivity index (χ1n) is 6.48. The van der Waals surface area contributed by atoms with Crippen LogP contribution in [0, 0.1) is 6.92 Å². The number of hydrogen-bond acceptors (Lipinski definition) is 3. The number of carbonyl (C=O) groups excluding carboxylic acids is 1. The van der Waals surface area contributed by atoms with Crippen LogP contribution in [0.25, 0.3) is 0 Å². The Labute approximate surface area is 108 Å². The van der Waals surface area contributed by atoms with Crippen molar-refractivity contribution < 1.29 is 4.79 Å². The van der Waals surface area contributed by atoms with Crippen LogP contribution in [0.1, 0.15) is 23.6 Å². The van der Waals surface area contributed by atoms with Crippen LogP contribution in [0.3, 0.4) is 0 Å². The molecule has 0 saturated carbocycles. The summed E-state index contributed by atoms with van der Waals surface area (Å²) in [6, 6.07) is 8.65. The largest absolute Gasteiger partial charge is 0.355 e. The Morgan fingerprint density at radius 3 is 3.00 bits per heavy atom. The summed E-state index contributed by atoms with van der Waals surface area (Å²) >= 11 is 0. The Hall–Kier alpha value is -1.39. The molecule has 0 aromatic heterocycles. The van der Waals surface area contributed by atoms with Crippen molar-refractivity contribution in [3.05, 3.63) is 35.4 Å². The molecule has 1 atom stereocenters. The summed E-state index contributed by atoms with van der Waals surface area (Å²) in [5.41, 5.74) is 8.41. The zero-order chi connectivity index (χ0) is 13.0. The van der Waals surface area contributed by atoms with Gasteiger partial charge in [-0.1, -0.05) is 29.8 Å². The SMILES string of the molecule is Cc1cccc(C(CN)N2CCNC(=O)CC2)c1. The van der Waals surface area contributed by atoms with Crippen molar-refractivity contribution in [1.29, 1.82) is 0 Å².